The van der Waals surface area contributed by atoms with Crippen LogP contribution < -0.4 is 14.8 Å². The van der Waals surface area contributed by atoms with E-state index in [4.69, 9.17) is 16.3 Å². The summed E-state index contributed by atoms with van der Waals surface area (Å²) >= 11 is 5.99. The lowest BCUT2D eigenvalue weighted by Gasteiger charge is -2.11. The number of hydrogen-bond acceptors (Lipinski definition) is 4. The third-order valence-corrected chi connectivity index (χ3v) is 5.41. The molecule has 0 saturated carbocycles. The molecule has 0 saturated heterocycles. The predicted molar refractivity (Wildman–Crippen MR) is 109 cm³/mol. The van der Waals surface area contributed by atoms with E-state index in [1.165, 1.54) is 48.5 Å². The van der Waals surface area contributed by atoms with Crippen LogP contribution in [0.25, 0.3) is 0 Å². The van der Waals surface area contributed by atoms with Gasteiger partial charge in [0, 0.05) is 11.8 Å². The molecular formula is C20H16ClFN2O4S. The number of carbonyl (C=O) groups excluding carboxylic acids is 1. The smallest absolute Gasteiger partial charge is 0.262 e. The number of benzene rings is 3. The minimum atomic E-state index is -3.91. The maximum absolute atomic E-state index is 13.1. The highest BCUT2D eigenvalue weighted by atomic mass is 35.5. The van der Waals surface area contributed by atoms with Crippen LogP contribution in [0, 0.1) is 5.82 Å². The third kappa shape index (κ3) is 5.69. The standard InChI is InChI=1S/C20H16ClFN2O4S/c21-18-9-1-2-10-19(18)24-29(26,27)17-8-4-6-15(12-17)23-20(25)13-28-16-7-3-5-14(22)11-16/h1-12,24H,13H2,(H,23,25). The minimum Gasteiger partial charge on any atom is -0.484 e. The monoisotopic (exact) mass is 434 g/mol. The number of ether oxygens (including phenoxy) is 1. The lowest BCUT2D eigenvalue weighted by molar-refractivity contribution is -0.118. The first kappa shape index (κ1) is 20.6. The number of nitrogens with one attached hydrogen (secondary N) is 2. The molecule has 3 aromatic carbocycles. The van der Waals surface area contributed by atoms with Crippen molar-refractivity contribution in [1.82, 2.24) is 0 Å². The molecule has 1 amide bonds. The molecule has 0 aliphatic heterocycles. The summed E-state index contributed by atoms with van der Waals surface area (Å²) in [4.78, 5) is 12.0. The quantitative estimate of drug-likeness (QED) is 0.580. The van der Waals surface area contributed by atoms with Crippen LogP contribution in [-0.4, -0.2) is 20.9 Å². The average molecular weight is 435 g/mol. The number of para-hydroxylation sites is 1. The van der Waals surface area contributed by atoms with Crippen LogP contribution in [-0.2, 0) is 14.8 Å². The highest BCUT2D eigenvalue weighted by Crippen LogP contribution is 2.25. The number of halogens is 2. The summed E-state index contributed by atoms with van der Waals surface area (Å²) in [6, 6.07) is 17.5. The van der Waals surface area contributed by atoms with Gasteiger partial charge in [-0.2, -0.15) is 0 Å². The molecule has 0 atom stereocenters. The van der Waals surface area contributed by atoms with Gasteiger partial charge >= 0.3 is 0 Å². The van der Waals surface area contributed by atoms with E-state index in [0.717, 1.165) is 6.07 Å². The minimum absolute atomic E-state index is 0.0544. The van der Waals surface area contributed by atoms with Crippen molar-refractivity contribution in [3.63, 3.8) is 0 Å². The second-order valence-electron chi connectivity index (χ2n) is 5.91. The van der Waals surface area contributed by atoms with Crippen LogP contribution in [0.1, 0.15) is 0 Å². The number of rotatable bonds is 7. The fourth-order valence-corrected chi connectivity index (χ4v) is 3.76. The Morgan fingerprint density at radius 2 is 1.76 bits per heavy atom. The second kappa shape index (κ2) is 8.93. The Hall–Kier alpha value is -3.10. The van der Waals surface area contributed by atoms with Gasteiger partial charge in [-0.1, -0.05) is 35.9 Å². The maximum atomic E-state index is 13.1. The molecular weight excluding hydrogens is 419 g/mol. The molecule has 0 radical (unpaired) electrons. The van der Waals surface area contributed by atoms with Gasteiger partial charge in [-0.05, 0) is 42.5 Å². The molecule has 3 aromatic rings. The van der Waals surface area contributed by atoms with Gasteiger partial charge in [-0.3, -0.25) is 9.52 Å². The lowest BCUT2D eigenvalue weighted by atomic mass is 10.3. The molecule has 2 N–H and O–H groups in total. The summed E-state index contributed by atoms with van der Waals surface area (Å²) in [5, 5.41) is 2.80. The van der Waals surface area contributed by atoms with Crippen molar-refractivity contribution in [1.29, 1.82) is 0 Å². The Labute approximate surface area is 172 Å². The molecule has 0 aliphatic rings. The summed E-state index contributed by atoms with van der Waals surface area (Å²) in [6.07, 6.45) is 0. The van der Waals surface area contributed by atoms with Gasteiger partial charge in [0.05, 0.1) is 15.6 Å². The van der Waals surface area contributed by atoms with Crippen molar-refractivity contribution < 1.29 is 22.3 Å². The molecule has 0 spiro atoms. The van der Waals surface area contributed by atoms with Crippen molar-refractivity contribution >= 4 is 38.9 Å². The first-order valence-corrected chi connectivity index (χ1v) is 10.3. The highest BCUT2D eigenvalue weighted by molar-refractivity contribution is 7.92. The van der Waals surface area contributed by atoms with E-state index in [0.29, 0.717) is 0 Å². The first-order valence-electron chi connectivity index (χ1n) is 8.39. The summed E-state index contributed by atoms with van der Waals surface area (Å²) in [6.45, 7) is -0.363. The molecule has 0 aliphatic carbocycles. The van der Waals surface area contributed by atoms with E-state index in [9.17, 15) is 17.6 Å². The number of sulfonamides is 1. The van der Waals surface area contributed by atoms with Gasteiger partial charge in [0.1, 0.15) is 11.6 Å². The Morgan fingerprint density at radius 3 is 2.52 bits per heavy atom. The van der Waals surface area contributed by atoms with Crippen molar-refractivity contribution in [2.24, 2.45) is 0 Å². The van der Waals surface area contributed by atoms with Crippen LogP contribution in [0.5, 0.6) is 5.75 Å². The molecule has 0 heterocycles. The predicted octanol–water partition coefficient (Wildman–Crippen LogP) is 4.30. The summed E-state index contributed by atoms with van der Waals surface area (Å²) < 4.78 is 45.9. The molecule has 150 valence electrons. The second-order valence-corrected chi connectivity index (χ2v) is 8.00. The van der Waals surface area contributed by atoms with Crippen molar-refractivity contribution in [3.8, 4) is 5.75 Å². The topological polar surface area (TPSA) is 84.5 Å². The van der Waals surface area contributed by atoms with Crippen LogP contribution in [0.2, 0.25) is 5.02 Å². The molecule has 0 aromatic heterocycles. The zero-order valence-electron chi connectivity index (χ0n) is 14.9. The summed E-state index contributed by atoms with van der Waals surface area (Å²) in [5.41, 5.74) is 0.506. The molecule has 9 heteroatoms. The molecule has 0 bridgehead atoms. The van der Waals surface area contributed by atoms with E-state index in [2.05, 4.69) is 10.0 Å². The number of anilines is 2. The van der Waals surface area contributed by atoms with Gasteiger partial charge in [-0.15, -0.1) is 0 Å². The van der Waals surface area contributed by atoms with Gasteiger partial charge in [0.15, 0.2) is 6.61 Å². The molecule has 0 unspecified atom stereocenters. The van der Waals surface area contributed by atoms with E-state index in [1.54, 1.807) is 18.2 Å². The van der Waals surface area contributed by atoms with E-state index in [-0.39, 0.29) is 33.6 Å². The van der Waals surface area contributed by atoms with Crippen LogP contribution in [0.15, 0.2) is 77.7 Å². The van der Waals surface area contributed by atoms with Gasteiger partial charge in [0.25, 0.3) is 15.9 Å². The van der Waals surface area contributed by atoms with Crippen molar-refractivity contribution in [2.75, 3.05) is 16.6 Å². The highest BCUT2D eigenvalue weighted by Gasteiger charge is 2.16. The van der Waals surface area contributed by atoms with Crippen molar-refractivity contribution in [2.45, 2.75) is 4.90 Å². The van der Waals surface area contributed by atoms with Crippen LogP contribution in [0.3, 0.4) is 0 Å². The Balaban J connectivity index is 1.67. The molecule has 3 rings (SSSR count). The number of carbonyl (C=O) groups is 1. The Morgan fingerprint density at radius 1 is 1.00 bits per heavy atom. The fourth-order valence-electron chi connectivity index (χ4n) is 2.39. The average Bonchev–Trinajstić information content (AvgIpc) is 2.68. The number of hydrogen-bond donors (Lipinski definition) is 2. The number of amides is 1. The molecule has 29 heavy (non-hydrogen) atoms. The maximum Gasteiger partial charge on any atom is 0.262 e. The summed E-state index contributed by atoms with van der Waals surface area (Å²) in [7, 11) is -3.91. The van der Waals surface area contributed by atoms with E-state index in [1.807, 2.05) is 0 Å². The Kier molecular flexibility index (Phi) is 6.36. The van der Waals surface area contributed by atoms with Gasteiger partial charge in [-0.25, -0.2) is 12.8 Å². The first-order chi connectivity index (χ1) is 13.8. The fraction of sp³-hybridized carbons (Fsp3) is 0.0500. The Bertz CT molecular complexity index is 1140. The largest absolute Gasteiger partial charge is 0.484 e. The zero-order valence-corrected chi connectivity index (χ0v) is 16.5. The summed E-state index contributed by atoms with van der Waals surface area (Å²) in [5.74, 6) is -0.796. The normalized spacial score (nSPS) is 11.0. The zero-order chi connectivity index (χ0) is 20.9. The van der Waals surface area contributed by atoms with Crippen LogP contribution in [0.4, 0.5) is 15.8 Å². The third-order valence-electron chi connectivity index (χ3n) is 3.71. The van der Waals surface area contributed by atoms with Crippen molar-refractivity contribution in [3.05, 3.63) is 83.6 Å². The molecule has 6 nitrogen and oxygen atoms in total. The van der Waals surface area contributed by atoms with Gasteiger partial charge in [0.2, 0.25) is 0 Å². The van der Waals surface area contributed by atoms with E-state index < -0.39 is 21.7 Å². The lowest BCUT2D eigenvalue weighted by Crippen LogP contribution is -2.20. The van der Waals surface area contributed by atoms with E-state index >= 15 is 0 Å². The molecule has 0 fully saturated rings. The SMILES string of the molecule is O=C(COc1cccc(F)c1)Nc1cccc(S(=O)(=O)Nc2ccccc2Cl)c1. The van der Waals surface area contributed by atoms with Crippen LogP contribution >= 0.6 is 11.6 Å². The van der Waals surface area contributed by atoms with Gasteiger partial charge < -0.3 is 10.1 Å².